The van der Waals surface area contributed by atoms with Crippen LogP contribution in [0.2, 0.25) is 0 Å². The lowest BCUT2D eigenvalue weighted by molar-refractivity contribution is -0.141. The van der Waals surface area contributed by atoms with Gasteiger partial charge in [-0.05, 0) is 35.9 Å². The molecule has 1 aliphatic heterocycles. The lowest BCUT2D eigenvalue weighted by atomic mass is 9.88. The Hall–Kier alpha value is -2.89. The molecule has 1 fully saturated rings. The minimum Gasteiger partial charge on any atom is -0.496 e. The predicted molar refractivity (Wildman–Crippen MR) is 89.2 cm³/mol. The highest BCUT2D eigenvalue weighted by Gasteiger charge is 2.41. The second-order valence-electron chi connectivity index (χ2n) is 6.01. The van der Waals surface area contributed by atoms with Crippen molar-refractivity contribution in [3.05, 3.63) is 65.5 Å². The Morgan fingerprint density at radius 2 is 1.80 bits per heavy atom. The van der Waals surface area contributed by atoms with Crippen molar-refractivity contribution in [2.45, 2.75) is 5.92 Å². The third-order valence-electron chi connectivity index (χ3n) is 4.55. The van der Waals surface area contributed by atoms with Crippen LogP contribution in [0.25, 0.3) is 0 Å². The monoisotopic (exact) mass is 343 g/mol. The highest BCUT2D eigenvalue weighted by molar-refractivity contribution is 5.95. The van der Waals surface area contributed by atoms with E-state index in [1.54, 1.807) is 6.07 Å². The van der Waals surface area contributed by atoms with E-state index in [0.717, 1.165) is 5.56 Å². The number of carboxylic acid groups (broad SMARTS) is 1. The van der Waals surface area contributed by atoms with E-state index in [0.29, 0.717) is 11.3 Å². The number of rotatable bonds is 4. The first kappa shape index (κ1) is 17.0. The molecule has 2 aromatic rings. The molecule has 130 valence electrons. The molecule has 25 heavy (non-hydrogen) atoms. The van der Waals surface area contributed by atoms with E-state index in [9.17, 15) is 19.1 Å². The van der Waals surface area contributed by atoms with E-state index < -0.39 is 17.7 Å². The Morgan fingerprint density at radius 3 is 2.44 bits per heavy atom. The molecule has 0 unspecified atom stereocenters. The lowest BCUT2D eigenvalue weighted by Gasteiger charge is -2.18. The van der Waals surface area contributed by atoms with Crippen LogP contribution in [0.4, 0.5) is 4.39 Å². The van der Waals surface area contributed by atoms with Gasteiger partial charge in [0, 0.05) is 24.6 Å². The van der Waals surface area contributed by atoms with Gasteiger partial charge in [-0.1, -0.05) is 18.2 Å². The average molecular weight is 343 g/mol. The third-order valence-corrected chi connectivity index (χ3v) is 4.55. The van der Waals surface area contributed by atoms with Gasteiger partial charge in [-0.15, -0.1) is 0 Å². The number of methoxy groups -OCH3 is 1. The number of ether oxygens (including phenoxy) is 1. The standard InChI is InChI=1S/C19H18FNO4/c1-25-17-5-3-2-4-14(17)15-10-21(11-16(15)19(23)24)18(22)12-6-8-13(20)9-7-12/h2-9,15-16H,10-11H2,1H3,(H,23,24)/t15-,16+/m0/s1. The first-order valence-electron chi connectivity index (χ1n) is 7.92. The molecule has 2 aromatic carbocycles. The number of likely N-dealkylation sites (tertiary alicyclic amines) is 1. The number of carbonyl (C=O) groups is 2. The molecule has 6 heteroatoms. The quantitative estimate of drug-likeness (QED) is 0.927. The number of carboxylic acids is 1. The summed E-state index contributed by atoms with van der Waals surface area (Å²) >= 11 is 0. The highest BCUT2D eigenvalue weighted by atomic mass is 19.1. The largest absolute Gasteiger partial charge is 0.496 e. The number of aliphatic carboxylic acids is 1. The topological polar surface area (TPSA) is 66.8 Å². The normalized spacial score (nSPS) is 19.7. The molecule has 1 saturated heterocycles. The Balaban J connectivity index is 1.89. The number of para-hydroxylation sites is 1. The fraction of sp³-hybridized carbons (Fsp3) is 0.263. The SMILES string of the molecule is COc1ccccc1[C@@H]1CN(C(=O)c2ccc(F)cc2)C[C@H]1C(=O)O. The zero-order valence-electron chi connectivity index (χ0n) is 13.7. The van der Waals surface area contributed by atoms with Crippen LogP contribution in [0, 0.1) is 11.7 Å². The number of nitrogens with zero attached hydrogens (tertiary/aromatic N) is 1. The molecule has 1 amide bonds. The summed E-state index contributed by atoms with van der Waals surface area (Å²) in [4.78, 5) is 25.8. The van der Waals surface area contributed by atoms with Crippen LogP contribution >= 0.6 is 0 Å². The van der Waals surface area contributed by atoms with E-state index in [1.807, 2.05) is 18.2 Å². The van der Waals surface area contributed by atoms with Crippen LogP contribution in [0.15, 0.2) is 48.5 Å². The Bertz CT molecular complexity index is 790. The van der Waals surface area contributed by atoms with Crippen LogP contribution in [0.3, 0.4) is 0 Å². The molecular weight excluding hydrogens is 325 g/mol. The van der Waals surface area contributed by atoms with Crippen LogP contribution in [0.1, 0.15) is 21.8 Å². The van der Waals surface area contributed by atoms with E-state index >= 15 is 0 Å². The first-order chi connectivity index (χ1) is 12.0. The molecular formula is C19H18FNO4. The number of carbonyl (C=O) groups excluding carboxylic acids is 1. The molecule has 3 rings (SSSR count). The average Bonchev–Trinajstić information content (AvgIpc) is 3.07. The summed E-state index contributed by atoms with van der Waals surface area (Å²) in [5, 5.41) is 9.59. The van der Waals surface area contributed by atoms with Crippen molar-refractivity contribution in [3.8, 4) is 5.75 Å². The number of halogens is 1. The van der Waals surface area contributed by atoms with E-state index in [-0.39, 0.29) is 24.9 Å². The van der Waals surface area contributed by atoms with Gasteiger partial charge in [0.2, 0.25) is 0 Å². The maximum Gasteiger partial charge on any atom is 0.308 e. The summed E-state index contributed by atoms with van der Waals surface area (Å²) in [6.07, 6.45) is 0. The minimum absolute atomic E-state index is 0.105. The van der Waals surface area contributed by atoms with Crippen LogP contribution in [0.5, 0.6) is 5.75 Å². The van der Waals surface area contributed by atoms with Crippen LogP contribution in [-0.2, 0) is 4.79 Å². The summed E-state index contributed by atoms with van der Waals surface area (Å²) < 4.78 is 18.4. The zero-order valence-corrected chi connectivity index (χ0v) is 13.7. The maximum absolute atomic E-state index is 13.0. The molecule has 0 aromatic heterocycles. The molecule has 0 bridgehead atoms. The van der Waals surface area contributed by atoms with Gasteiger partial charge < -0.3 is 14.7 Å². The van der Waals surface area contributed by atoms with Gasteiger partial charge in [0.15, 0.2) is 0 Å². The number of hydrogen-bond acceptors (Lipinski definition) is 3. The lowest BCUT2D eigenvalue weighted by Crippen LogP contribution is -2.29. The molecule has 1 heterocycles. The van der Waals surface area contributed by atoms with Crippen molar-refractivity contribution >= 4 is 11.9 Å². The molecule has 5 nitrogen and oxygen atoms in total. The first-order valence-corrected chi connectivity index (χ1v) is 7.92. The molecule has 2 atom stereocenters. The van der Waals surface area contributed by atoms with Crippen molar-refractivity contribution in [2.75, 3.05) is 20.2 Å². The molecule has 0 spiro atoms. The summed E-state index contributed by atoms with van der Waals surface area (Å²) in [5.74, 6) is -2.16. The van der Waals surface area contributed by atoms with Crippen molar-refractivity contribution in [1.82, 2.24) is 4.90 Å². The summed E-state index contributed by atoms with van der Waals surface area (Å²) in [6.45, 7) is 0.377. The van der Waals surface area contributed by atoms with Gasteiger partial charge in [0.25, 0.3) is 5.91 Å². The Kier molecular flexibility index (Phi) is 4.70. The maximum atomic E-state index is 13.0. The van der Waals surface area contributed by atoms with Gasteiger partial charge in [0.05, 0.1) is 13.0 Å². The molecule has 1 aliphatic rings. The third kappa shape index (κ3) is 3.33. The molecule has 1 N–H and O–H groups in total. The van der Waals surface area contributed by atoms with E-state index in [1.165, 1.54) is 36.3 Å². The highest BCUT2D eigenvalue weighted by Crippen LogP contribution is 2.38. The van der Waals surface area contributed by atoms with Gasteiger partial charge >= 0.3 is 5.97 Å². The smallest absolute Gasteiger partial charge is 0.308 e. The van der Waals surface area contributed by atoms with Crippen LogP contribution in [-0.4, -0.2) is 42.1 Å². The van der Waals surface area contributed by atoms with Gasteiger partial charge in [-0.25, -0.2) is 4.39 Å². The summed E-state index contributed by atoms with van der Waals surface area (Å²) in [6, 6.07) is 12.5. The van der Waals surface area contributed by atoms with Gasteiger partial charge in [-0.3, -0.25) is 9.59 Å². The number of hydrogen-bond donors (Lipinski definition) is 1. The van der Waals surface area contributed by atoms with Crippen molar-refractivity contribution < 1.29 is 23.8 Å². The van der Waals surface area contributed by atoms with E-state index in [2.05, 4.69) is 0 Å². The number of benzene rings is 2. The van der Waals surface area contributed by atoms with E-state index in [4.69, 9.17) is 4.74 Å². The van der Waals surface area contributed by atoms with Crippen molar-refractivity contribution in [3.63, 3.8) is 0 Å². The summed E-state index contributed by atoms with van der Waals surface area (Å²) in [5.41, 5.74) is 1.11. The fourth-order valence-electron chi connectivity index (χ4n) is 3.28. The Morgan fingerprint density at radius 1 is 1.12 bits per heavy atom. The fourth-order valence-corrected chi connectivity index (χ4v) is 3.28. The number of amides is 1. The van der Waals surface area contributed by atoms with Gasteiger partial charge in [0.1, 0.15) is 11.6 Å². The molecule has 0 radical (unpaired) electrons. The Labute approximate surface area is 144 Å². The minimum atomic E-state index is -0.953. The van der Waals surface area contributed by atoms with Crippen molar-refractivity contribution in [1.29, 1.82) is 0 Å². The second kappa shape index (κ2) is 6.93. The summed E-state index contributed by atoms with van der Waals surface area (Å²) in [7, 11) is 1.53. The zero-order chi connectivity index (χ0) is 18.0. The molecule has 0 aliphatic carbocycles. The predicted octanol–water partition coefficient (Wildman–Crippen LogP) is 2.77. The molecule has 0 saturated carbocycles. The van der Waals surface area contributed by atoms with Crippen LogP contribution < -0.4 is 4.74 Å². The second-order valence-corrected chi connectivity index (χ2v) is 6.01. The van der Waals surface area contributed by atoms with Crippen molar-refractivity contribution in [2.24, 2.45) is 5.92 Å². The van der Waals surface area contributed by atoms with Gasteiger partial charge in [-0.2, -0.15) is 0 Å².